The average molecular weight is 143 g/mol. The van der Waals surface area contributed by atoms with E-state index in [-0.39, 0.29) is 6.17 Å². The molecule has 0 spiro atoms. The van der Waals surface area contributed by atoms with Crippen LogP contribution in [0.25, 0.3) is 0 Å². The number of amides is 1. The zero-order valence-corrected chi connectivity index (χ0v) is 5.92. The van der Waals surface area contributed by atoms with E-state index >= 15 is 0 Å². The van der Waals surface area contributed by atoms with Gasteiger partial charge in [0.25, 0.3) is 0 Å². The molecule has 1 saturated heterocycles. The highest BCUT2D eigenvalue weighted by atomic mass is 16.1. The lowest BCUT2D eigenvalue weighted by molar-refractivity contribution is -0.122. The molecule has 0 aromatic rings. The molecule has 1 fully saturated rings. The van der Waals surface area contributed by atoms with E-state index in [0.29, 0.717) is 0 Å². The summed E-state index contributed by atoms with van der Waals surface area (Å²) in [5, 5.41) is 0. The van der Waals surface area contributed by atoms with Crippen molar-refractivity contribution in [2.75, 3.05) is 6.54 Å². The SMILES string of the molecule is NNC1CCCCN1C=O. The summed E-state index contributed by atoms with van der Waals surface area (Å²) in [7, 11) is 0. The topological polar surface area (TPSA) is 58.4 Å². The molecule has 4 nitrogen and oxygen atoms in total. The quantitative estimate of drug-likeness (QED) is 0.309. The van der Waals surface area contributed by atoms with Crippen LogP contribution in [0.2, 0.25) is 0 Å². The van der Waals surface area contributed by atoms with Gasteiger partial charge < -0.3 is 4.90 Å². The molecule has 1 heterocycles. The summed E-state index contributed by atoms with van der Waals surface area (Å²) in [5.74, 6) is 5.22. The summed E-state index contributed by atoms with van der Waals surface area (Å²) >= 11 is 0. The molecule has 0 aromatic carbocycles. The number of hydrogen-bond acceptors (Lipinski definition) is 3. The average Bonchev–Trinajstić information content (AvgIpc) is 2.04. The van der Waals surface area contributed by atoms with Gasteiger partial charge in [0.2, 0.25) is 6.41 Å². The highest BCUT2D eigenvalue weighted by Crippen LogP contribution is 2.11. The van der Waals surface area contributed by atoms with Crippen molar-refractivity contribution in [3.63, 3.8) is 0 Å². The van der Waals surface area contributed by atoms with Crippen molar-refractivity contribution >= 4 is 6.41 Å². The van der Waals surface area contributed by atoms with Crippen LogP contribution in [0.4, 0.5) is 0 Å². The first-order valence-electron chi connectivity index (χ1n) is 3.55. The molecule has 0 aliphatic carbocycles. The first kappa shape index (κ1) is 7.50. The molecule has 0 bridgehead atoms. The van der Waals surface area contributed by atoms with E-state index in [2.05, 4.69) is 5.43 Å². The molecule has 1 unspecified atom stereocenters. The minimum atomic E-state index is 0.0613. The van der Waals surface area contributed by atoms with Gasteiger partial charge >= 0.3 is 0 Å². The van der Waals surface area contributed by atoms with Gasteiger partial charge in [0.1, 0.15) is 0 Å². The summed E-state index contributed by atoms with van der Waals surface area (Å²) in [6, 6.07) is 0. The number of piperidine rings is 1. The molecule has 1 atom stereocenters. The maximum Gasteiger partial charge on any atom is 0.210 e. The Bertz CT molecular complexity index is 118. The number of rotatable bonds is 2. The van der Waals surface area contributed by atoms with Crippen molar-refractivity contribution in [2.45, 2.75) is 25.4 Å². The van der Waals surface area contributed by atoms with Crippen molar-refractivity contribution in [1.29, 1.82) is 0 Å². The third kappa shape index (κ3) is 1.46. The summed E-state index contributed by atoms with van der Waals surface area (Å²) in [5.41, 5.74) is 2.60. The number of nitrogens with one attached hydrogen (secondary N) is 1. The number of carbonyl (C=O) groups is 1. The van der Waals surface area contributed by atoms with E-state index in [1.807, 2.05) is 0 Å². The maximum atomic E-state index is 10.4. The molecule has 1 amide bonds. The second-order valence-electron chi connectivity index (χ2n) is 2.52. The van der Waals surface area contributed by atoms with Crippen LogP contribution in [-0.2, 0) is 4.79 Å². The fourth-order valence-corrected chi connectivity index (χ4v) is 1.26. The van der Waals surface area contributed by atoms with Gasteiger partial charge in [-0.05, 0) is 19.3 Å². The zero-order valence-electron chi connectivity index (χ0n) is 5.92. The molecular weight excluding hydrogens is 130 g/mol. The summed E-state index contributed by atoms with van der Waals surface area (Å²) < 4.78 is 0. The highest BCUT2D eigenvalue weighted by Gasteiger charge is 2.18. The van der Waals surface area contributed by atoms with Gasteiger partial charge in [0.15, 0.2) is 0 Å². The third-order valence-electron chi connectivity index (χ3n) is 1.87. The molecule has 4 heteroatoms. The number of hydrazine groups is 1. The van der Waals surface area contributed by atoms with Gasteiger partial charge in [-0.2, -0.15) is 0 Å². The monoisotopic (exact) mass is 143 g/mol. The number of carbonyl (C=O) groups excluding carboxylic acids is 1. The number of nitrogens with two attached hydrogens (primary N) is 1. The standard InChI is InChI=1S/C6H13N3O/c7-8-6-3-1-2-4-9(6)5-10/h5-6,8H,1-4,7H2. The Morgan fingerprint density at radius 1 is 1.60 bits per heavy atom. The smallest absolute Gasteiger partial charge is 0.210 e. The maximum absolute atomic E-state index is 10.4. The molecule has 1 aliphatic rings. The summed E-state index contributed by atoms with van der Waals surface area (Å²) in [4.78, 5) is 12.1. The molecule has 58 valence electrons. The Labute approximate surface area is 60.3 Å². The minimum absolute atomic E-state index is 0.0613. The van der Waals surface area contributed by atoms with Crippen molar-refractivity contribution < 1.29 is 4.79 Å². The van der Waals surface area contributed by atoms with Crippen molar-refractivity contribution in [1.82, 2.24) is 10.3 Å². The highest BCUT2D eigenvalue weighted by molar-refractivity contribution is 5.47. The normalized spacial score (nSPS) is 26.5. The first-order chi connectivity index (χ1) is 4.88. The van der Waals surface area contributed by atoms with Gasteiger partial charge in [0, 0.05) is 6.54 Å². The Morgan fingerprint density at radius 2 is 2.40 bits per heavy atom. The van der Waals surface area contributed by atoms with E-state index in [1.54, 1.807) is 4.90 Å². The second-order valence-corrected chi connectivity index (χ2v) is 2.52. The lowest BCUT2D eigenvalue weighted by atomic mass is 10.1. The summed E-state index contributed by atoms with van der Waals surface area (Å²) in [6.45, 7) is 0.832. The number of hydrogen-bond donors (Lipinski definition) is 2. The van der Waals surface area contributed by atoms with Crippen molar-refractivity contribution in [2.24, 2.45) is 5.84 Å². The van der Waals surface area contributed by atoms with E-state index in [4.69, 9.17) is 5.84 Å². The van der Waals surface area contributed by atoms with Gasteiger partial charge in [0.05, 0.1) is 6.17 Å². The van der Waals surface area contributed by atoms with Gasteiger partial charge in [-0.15, -0.1) is 0 Å². The first-order valence-corrected chi connectivity index (χ1v) is 3.55. The van der Waals surface area contributed by atoms with Gasteiger partial charge in [-0.25, -0.2) is 5.43 Å². The van der Waals surface area contributed by atoms with Crippen LogP contribution in [0.15, 0.2) is 0 Å². The number of nitrogens with zero attached hydrogens (tertiary/aromatic N) is 1. The molecule has 1 rings (SSSR count). The molecule has 10 heavy (non-hydrogen) atoms. The largest absolute Gasteiger partial charge is 0.329 e. The lowest BCUT2D eigenvalue weighted by Crippen LogP contribution is -2.50. The predicted octanol–water partition coefficient (Wildman–Crippen LogP) is -0.582. The van der Waals surface area contributed by atoms with Gasteiger partial charge in [-0.1, -0.05) is 0 Å². The number of likely N-dealkylation sites (tertiary alicyclic amines) is 1. The molecule has 1 aliphatic heterocycles. The Hall–Kier alpha value is -0.610. The zero-order chi connectivity index (χ0) is 7.40. The third-order valence-corrected chi connectivity index (χ3v) is 1.87. The van der Waals surface area contributed by atoms with Gasteiger partial charge in [-0.3, -0.25) is 10.6 Å². The van der Waals surface area contributed by atoms with Crippen LogP contribution in [-0.4, -0.2) is 24.0 Å². The van der Waals surface area contributed by atoms with Crippen LogP contribution >= 0.6 is 0 Å². The fraction of sp³-hybridized carbons (Fsp3) is 0.833. The molecule has 0 aromatic heterocycles. The lowest BCUT2D eigenvalue weighted by Gasteiger charge is -2.31. The van der Waals surface area contributed by atoms with Crippen LogP contribution in [0.3, 0.4) is 0 Å². The second kappa shape index (κ2) is 3.53. The Morgan fingerprint density at radius 3 is 2.90 bits per heavy atom. The van der Waals surface area contributed by atoms with E-state index in [1.165, 1.54) is 0 Å². The van der Waals surface area contributed by atoms with Crippen LogP contribution in [0.1, 0.15) is 19.3 Å². The predicted molar refractivity (Wildman–Crippen MR) is 37.7 cm³/mol. The molecule has 0 saturated carbocycles. The van der Waals surface area contributed by atoms with E-state index < -0.39 is 0 Å². The van der Waals surface area contributed by atoms with E-state index in [9.17, 15) is 4.79 Å². The van der Waals surface area contributed by atoms with Crippen LogP contribution in [0.5, 0.6) is 0 Å². The Kier molecular flexibility index (Phi) is 2.65. The summed E-state index contributed by atoms with van der Waals surface area (Å²) in [6.07, 6.45) is 4.13. The van der Waals surface area contributed by atoms with Crippen molar-refractivity contribution in [3.8, 4) is 0 Å². The minimum Gasteiger partial charge on any atom is -0.329 e. The van der Waals surface area contributed by atoms with E-state index in [0.717, 1.165) is 32.2 Å². The fourth-order valence-electron chi connectivity index (χ4n) is 1.26. The Balaban J connectivity index is 2.41. The molecule has 0 radical (unpaired) electrons. The van der Waals surface area contributed by atoms with Crippen LogP contribution < -0.4 is 11.3 Å². The van der Waals surface area contributed by atoms with Crippen molar-refractivity contribution in [3.05, 3.63) is 0 Å². The molecular formula is C6H13N3O. The molecule has 3 N–H and O–H groups in total. The van der Waals surface area contributed by atoms with Crippen LogP contribution in [0, 0.1) is 0 Å².